The molecule has 0 saturated carbocycles. The van der Waals surface area contributed by atoms with Crippen molar-refractivity contribution in [3.63, 3.8) is 0 Å². The van der Waals surface area contributed by atoms with E-state index in [4.69, 9.17) is 4.74 Å². The van der Waals surface area contributed by atoms with Crippen LogP contribution in [0.25, 0.3) is 0 Å². The Morgan fingerprint density at radius 2 is 1.79 bits per heavy atom. The van der Waals surface area contributed by atoms with E-state index in [0.29, 0.717) is 12.1 Å². The van der Waals surface area contributed by atoms with Gasteiger partial charge in [0.25, 0.3) is 0 Å². The first kappa shape index (κ1) is 18.9. The van der Waals surface area contributed by atoms with E-state index in [1.807, 2.05) is 0 Å². The summed E-state index contributed by atoms with van der Waals surface area (Å²) in [7, 11) is 1.78. The zero-order chi connectivity index (χ0) is 14.9. The van der Waals surface area contributed by atoms with Crippen molar-refractivity contribution >= 4 is 0 Å². The van der Waals surface area contributed by atoms with Gasteiger partial charge in [0, 0.05) is 31.3 Å². The normalized spacial score (nSPS) is 15.8. The second-order valence-electron chi connectivity index (χ2n) is 6.66. The average molecular weight is 272 g/mol. The Kier molecular flexibility index (Phi) is 9.67. The van der Waals surface area contributed by atoms with Gasteiger partial charge in [-0.3, -0.25) is 4.90 Å². The quantitative estimate of drug-likeness (QED) is 0.618. The molecule has 3 nitrogen and oxygen atoms in total. The highest BCUT2D eigenvalue weighted by Crippen LogP contribution is 2.13. The lowest BCUT2D eigenvalue weighted by Crippen LogP contribution is -2.42. The topological polar surface area (TPSA) is 24.5 Å². The summed E-state index contributed by atoms with van der Waals surface area (Å²) in [4.78, 5) is 2.58. The molecule has 0 aliphatic rings. The minimum Gasteiger partial charge on any atom is -0.383 e. The van der Waals surface area contributed by atoms with Crippen molar-refractivity contribution in [1.29, 1.82) is 0 Å². The Hall–Kier alpha value is -0.120. The minimum absolute atomic E-state index is 0.232. The predicted molar refractivity (Wildman–Crippen MR) is 84.8 cm³/mol. The molecule has 2 unspecified atom stereocenters. The van der Waals surface area contributed by atoms with Crippen LogP contribution in [0.5, 0.6) is 0 Å². The number of nitrogens with zero attached hydrogens (tertiary/aromatic N) is 1. The summed E-state index contributed by atoms with van der Waals surface area (Å²) in [6.45, 7) is 16.6. The molecule has 3 heteroatoms. The first-order valence-corrected chi connectivity index (χ1v) is 7.81. The Morgan fingerprint density at radius 3 is 2.26 bits per heavy atom. The van der Waals surface area contributed by atoms with Crippen molar-refractivity contribution in [2.45, 2.75) is 78.4 Å². The molecule has 0 heterocycles. The van der Waals surface area contributed by atoms with E-state index >= 15 is 0 Å². The van der Waals surface area contributed by atoms with Gasteiger partial charge in [0.15, 0.2) is 0 Å². The third-order valence-corrected chi connectivity index (χ3v) is 3.73. The van der Waals surface area contributed by atoms with Crippen molar-refractivity contribution in [1.82, 2.24) is 10.2 Å². The summed E-state index contributed by atoms with van der Waals surface area (Å²) in [5.41, 5.74) is 0.232. The lowest BCUT2D eigenvalue weighted by molar-refractivity contribution is 0.0897. The van der Waals surface area contributed by atoms with Crippen molar-refractivity contribution in [2.75, 3.05) is 26.8 Å². The van der Waals surface area contributed by atoms with Crippen LogP contribution in [-0.4, -0.2) is 49.3 Å². The van der Waals surface area contributed by atoms with Crippen LogP contribution in [0, 0.1) is 0 Å². The van der Waals surface area contributed by atoms with Crippen LogP contribution in [0.3, 0.4) is 0 Å². The maximum atomic E-state index is 5.23. The summed E-state index contributed by atoms with van der Waals surface area (Å²) in [5, 5.41) is 3.56. The summed E-state index contributed by atoms with van der Waals surface area (Å²) in [6.07, 6.45) is 3.68. The Labute approximate surface area is 121 Å². The lowest BCUT2D eigenvalue weighted by Gasteiger charge is -2.34. The standard InChI is InChI=1S/C16H36N2O/c1-8-14(2)18(12-13-19-7)15(3)10-9-11-17-16(4,5)6/h14-15,17H,8-13H2,1-7H3. The van der Waals surface area contributed by atoms with E-state index in [2.05, 4.69) is 51.8 Å². The van der Waals surface area contributed by atoms with Crippen LogP contribution in [-0.2, 0) is 4.74 Å². The molecule has 0 aliphatic heterocycles. The molecule has 0 bridgehead atoms. The molecule has 0 radical (unpaired) electrons. The van der Waals surface area contributed by atoms with Gasteiger partial charge >= 0.3 is 0 Å². The van der Waals surface area contributed by atoms with E-state index in [9.17, 15) is 0 Å². The van der Waals surface area contributed by atoms with Gasteiger partial charge in [-0.25, -0.2) is 0 Å². The van der Waals surface area contributed by atoms with Gasteiger partial charge in [-0.15, -0.1) is 0 Å². The highest BCUT2D eigenvalue weighted by atomic mass is 16.5. The second-order valence-corrected chi connectivity index (χ2v) is 6.66. The SMILES string of the molecule is CCC(C)N(CCOC)C(C)CCCNC(C)(C)C. The fourth-order valence-electron chi connectivity index (χ4n) is 2.33. The number of nitrogens with one attached hydrogen (secondary N) is 1. The van der Waals surface area contributed by atoms with Gasteiger partial charge in [-0.1, -0.05) is 6.92 Å². The average Bonchev–Trinajstić information content (AvgIpc) is 2.33. The highest BCUT2D eigenvalue weighted by molar-refractivity contribution is 4.75. The largest absolute Gasteiger partial charge is 0.383 e. The molecule has 0 saturated heterocycles. The molecular formula is C16H36N2O. The van der Waals surface area contributed by atoms with Gasteiger partial charge < -0.3 is 10.1 Å². The van der Waals surface area contributed by atoms with Crippen molar-refractivity contribution < 1.29 is 4.74 Å². The number of hydrogen-bond donors (Lipinski definition) is 1. The molecule has 0 fully saturated rings. The fraction of sp³-hybridized carbons (Fsp3) is 1.00. The molecule has 0 spiro atoms. The molecule has 116 valence electrons. The zero-order valence-electron chi connectivity index (χ0n) is 14.3. The van der Waals surface area contributed by atoms with E-state index in [1.54, 1.807) is 7.11 Å². The fourth-order valence-corrected chi connectivity index (χ4v) is 2.33. The lowest BCUT2D eigenvalue weighted by atomic mass is 10.1. The number of ether oxygens (including phenoxy) is 1. The predicted octanol–water partition coefficient (Wildman–Crippen LogP) is 3.29. The Morgan fingerprint density at radius 1 is 1.16 bits per heavy atom. The third kappa shape index (κ3) is 9.42. The number of rotatable bonds is 10. The van der Waals surface area contributed by atoms with Gasteiger partial charge in [0.05, 0.1) is 6.61 Å². The molecule has 19 heavy (non-hydrogen) atoms. The van der Waals surface area contributed by atoms with E-state index in [-0.39, 0.29) is 5.54 Å². The zero-order valence-corrected chi connectivity index (χ0v) is 14.3. The van der Waals surface area contributed by atoms with Crippen LogP contribution in [0.1, 0.15) is 60.8 Å². The van der Waals surface area contributed by atoms with Crippen molar-refractivity contribution in [3.8, 4) is 0 Å². The summed E-state index contributed by atoms with van der Waals surface area (Å²) < 4.78 is 5.23. The van der Waals surface area contributed by atoms with E-state index in [1.165, 1.54) is 19.3 Å². The smallest absolute Gasteiger partial charge is 0.0589 e. The first-order valence-electron chi connectivity index (χ1n) is 7.81. The molecule has 1 N–H and O–H groups in total. The second kappa shape index (κ2) is 9.73. The van der Waals surface area contributed by atoms with Crippen molar-refractivity contribution in [3.05, 3.63) is 0 Å². The summed E-state index contributed by atoms with van der Waals surface area (Å²) in [6, 6.07) is 1.27. The molecule has 0 amide bonds. The summed E-state index contributed by atoms with van der Waals surface area (Å²) in [5.74, 6) is 0. The molecule has 0 aliphatic carbocycles. The van der Waals surface area contributed by atoms with Crippen LogP contribution in [0.15, 0.2) is 0 Å². The minimum atomic E-state index is 0.232. The molecular weight excluding hydrogens is 236 g/mol. The van der Waals surface area contributed by atoms with Crippen LogP contribution >= 0.6 is 0 Å². The van der Waals surface area contributed by atoms with Gasteiger partial charge in [-0.2, -0.15) is 0 Å². The molecule has 0 aromatic rings. The van der Waals surface area contributed by atoms with E-state index < -0.39 is 0 Å². The van der Waals surface area contributed by atoms with Crippen LogP contribution in [0.4, 0.5) is 0 Å². The van der Waals surface area contributed by atoms with Crippen molar-refractivity contribution in [2.24, 2.45) is 0 Å². The molecule has 0 aromatic carbocycles. The molecule has 2 atom stereocenters. The number of hydrogen-bond acceptors (Lipinski definition) is 3. The van der Waals surface area contributed by atoms with E-state index in [0.717, 1.165) is 19.7 Å². The Bertz CT molecular complexity index is 213. The van der Waals surface area contributed by atoms with Gasteiger partial charge in [0.2, 0.25) is 0 Å². The maximum Gasteiger partial charge on any atom is 0.0589 e. The maximum absolute atomic E-state index is 5.23. The Balaban J connectivity index is 4.06. The molecule has 0 aromatic heterocycles. The molecule has 0 rings (SSSR count). The highest BCUT2D eigenvalue weighted by Gasteiger charge is 2.18. The van der Waals surface area contributed by atoms with Crippen LogP contribution in [0.2, 0.25) is 0 Å². The third-order valence-electron chi connectivity index (χ3n) is 3.73. The monoisotopic (exact) mass is 272 g/mol. The summed E-state index contributed by atoms with van der Waals surface area (Å²) >= 11 is 0. The van der Waals surface area contributed by atoms with Gasteiger partial charge in [0.1, 0.15) is 0 Å². The van der Waals surface area contributed by atoms with Crippen LogP contribution < -0.4 is 5.32 Å². The first-order chi connectivity index (χ1) is 8.81. The number of methoxy groups -OCH3 is 1. The van der Waals surface area contributed by atoms with Gasteiger partial charge in [-0.05, 0) is 60.4 Å².